The summed E-state index contributed by atoms with van der Waals surface area (Å²) in [5, 5.41) is 3.43. The van der Waals surface area contributed by atoms with Gasteiger partial charge in [-0.25, -0.2) is 0 Å². The first-order valence-electron chi connectivity index (χ1n) is 5.34. The summed E-state index contributed by atoms with van der Waals surface area (Å²) in [4.78, 5) is 0. The molecule has 0 saturated carbocycles. The summed E-state index contributed by atoms with van der Waals surface area (Å²) < 4.78 is 6.25. The second kappa shape index (κ2) is 6.17. The number of hydrogen-bond acceptors (Lipinski definition) is 3. The molecule has 0 radical (unpaired) electrons. The molecule has 2 rings (SSSR count). The Bertz CT molecular complexity index is 165. The third-order valence-corrected chi connectivity index (χ3v) is 7.46. The molecule has 0 aromatic rings. The van der Waals surface area contributed by atoms with Crippen LogP contribution in [0.2, 0.25) is 0 Å². The van der Waals surface area contributed by atoms with E-state index < -0.39 is 0 Å². The van der Waals surface area contributed by atoms with Crippen molar-refractivity contribution in [1.82, 2.24) is 11.5 Å². The van der Waals surface area contributed by atoms with Crippen molar-refractivity contribution in [3.8, 4) is 0 Å². The predicted molar refractivity (Wildman–Crippen MR) is 63.1 cm³/mol. The minimum atomic E-state index is 0.326. The van der Waals surface area contributed by atoms with E-state index in [2.05, 4.69) is 34.4 Å². The number of nitrogens with zero attached hydrogens (tertiary/aromatic N) is 2. The van der Waals surface area contributed by atoms with Crippen LogP contribution in [-0.2, 0) is 0 Å². The molecule has 0 atom stereocenters. The van der Waals surface area contributed by atoms with Crippen molar-refractivity contribution in [1.29, 1.82) is 0 Å². The SMILES string of the molecule is IN1CCC([I-]N2CCNCC2)CC1. The summed E-state index contributed by atoms with van der Waals surface area (Å²) in [6.45, 7) is 7.67. The van der Waals surface area contributed by atoms with Gasteiger partial charge in [0.15, 0.2) is 0 Å². The number of piperidine rings is 1. The van der Waals surface area contributed by atoms with Crippen LogP contribution in [0.1, 0.15) is 12.8 Å². The summed E-state index contributed by atoms with van der Waals surface area (Å²) in [7, 11) is 0. The maximum atomic E-state index is 3.43. The van der Waals surface area contributed by atoms with Crippen LogP contribution in [-0.4, -0.2) is 49.4 Å². The van der Waals surface area contributed by atoms with E-state index in [9.17, 15) is 0 Å². The zero-order chi connectivity index (χ0) is 9.80. The predicted octanol–water partition coefficient (Wildman–Crippen LogP) is -2.29. The molecular formula is C9H18I2N3-. The Morgan fingerprint density at radius 1 is 1.07 bits per heavy atom. The fourth-order valence-corrected chi connectivity index (χ4v) is 5.67. The first-order valence-corrected chi connectivity index (χ1v) is 8.52. The van der Waals surface area contributed by atoms with Crippen molar-refractivity contribution < 1.29 is 21.5 Å². The van der Waals surface area contributed by atoms with Crippen LogP contribution in [0.3, 0.4) is 0 Å². The molecular weight excluding hydrogens is 404 g/mol. The molecule has 0 aromatic heterocycles. The average molecular weight is 422 g/mol. The van der Waals surface area contributed by atoms with E-state index >= 15 is 0 Å². The molecule has 3 nitrogen and oxygen atoms in total. The van der Waals surface area contributed by atoms with Crippen molar-refractivity contribution >= 4 is 22.9 Å². The van der Waals surface area contributed by atoms with Crippen LogP contribution in [0.4, 0.5) is 0 Å². The number of alkyl halides is 1. The fraction of sp³-hybridized carbons (Fsp3) is 1.00. The maximum absolute atomic E-state index is 3.43. The van der Waals surface area contributed by atoms with Gasteiger partial charge in [-0.15, -0.1) is 0 Å². The van der Waals surface area contributed by atoms with Crippen molar-refractivity contribution in [2.45, 2.75) is 16.8 Å². The summed E-state index contributed by atoms with van der Waals surface area (Å²) in [6.07, 6.45) is 2.89. The average Bonchev–Trinajstić information content (AvgIpc) is 2.23. The van der Waals surface area contributed by atoms with Gasteiger partial charge in [0.25, 0.3) is 0 Å². The molecule has 2 saturated heterocycles. The van der Waals surface area contributed by atoms with Crippen LogP contribution >= 0.6 is 22.9 Å². The van der Waals surface area contributed by atoms with E-state index in [0.717, 1.165) is 3.92 Å². The van der Waals surface area contributed by atoms with Gasteiger partial charge in [0, 0.05) is 0 Å². The van der Waals surface area contributed by atoms with Crippen LogP contribution in [0.5, 0.6) is 0 Å². The fourth-order valence-electron chi connectivity index (χ4n) is 1.84. The molecule has 0 aliphatic carbocycles. The third kappa shape index (κ3) is 3.73. The first kappa shape index (κ1) is 11.8. The summed E-state index contributed by atoms with van der Waals surface area (Å²) in [5.74, 6) is 0. The summed E-state index contributed by atoms with van der Waals surface area (Å²) in [5.41, 5.74) is 0. The van der Waals surface area contributed by atoms with Gasteiger partial charge in [-0.1, -0.05) is 0 Å². The zero-order valence-electron chi connectivity index (χ0n) is 8.38. The quantitative estimate of drug-likeness (QED) is 0.307. The van der Waals surface area contributed by atoms with E-state index in [-0.39, 0.29) is 0 Å². The van der Waals surface area contributed by atoms with Crippen molar-refractivity contribution in [3.63, 3.8) is 0 Å². The molecule has 0 aromatic carbocycles. The van der Waals surface area contributed by atoms with Crippen LogP contribution in [0, 0.1) is 0 Å². The number of nitrogens with one attached hydrogen (secondary N) is 1. The summed E-state index contributed by atoms with van der Waals surface area (Å²) >= 11 is 2.79. The molecule has 2 aliphatic heterocycles. The van der Waals surface area contributed by atoms with Crippen LogP contribution in [0.25, 0.3) is 0 Å². The van der Waals surface area contributed by atoms with Crippen molar-refractivity contribution in [2.75, 3.05) is 39.3 Å². The topological polar surface area (TPSA) is 18.5 Å². The van der Waals surface area contributed by atoms with Gasteiger partial charge in [-0.05, 0) is 0 Å². The van der Waals surface area contributed by atoms with Gasteiger partial charge in [0.05, 0.1) is 0 Å². The molecule has 2 aliphatic rings. The van der Waals surface area contributed by atoms with Gasteiger partial charge in [0.1, 0.15) is 0 Å². The Morgan fingerprint density at radius 2 is 1.71 bits per heavy atom. The summed E-state index contributed by atoms with van der Waals surface area (Å²) in [6, 6.07) is 0. The Labute approximate surface area is 111 Å². The number of hydrogen-bond donors (Lipinski definition) is 1. The molecule has 0 amide bonds. The monoisotopic (exact) mass is 422 g/mol. The second-order valence-corrected chi connectivity index (χ2v) is 8.89. The molecule has 14 heavy (non-hydrogen) atoms. The zero-order valence-corrected chi connectivity index (χ0v) is 12.7. The molecule has 0 bridgehead atoms. The van der Waals surface area contributed by atoms with E-state index in [1.165, 1.54) is 52.1 Å². The molecule has 2 fully saturated rings. The number of rotatable bonds is 2. The Morgan fingerprint density at radius 3 is 2.36 bits per heavy atom. The Balaban J connectivity index is 1.68. The third-order valence-electron chi connectivity index (χ3n) is 2.71. The molecule has 0 spiro atoms. The van der Waals surface area contributed by atoms with E-state index in [0.29, 0.717) is 21.5 Å². The molecule has 84 valence electrons. The molecule has 5 heteroatoms. The van der Waals surface area contributed by atoms with E-state index in [4.69, 9.17) is 0 Å². The Kier molecular flexibility index (Phi) is 5.21. The second-order valence-electron chi connectivity index (χ2n) is 3.84. The van der Waals surface area contributed by atoms with Crippen LogP contribution in [0.15, 0.2) is 0 Å². The van der Waals surface area contributed by atoms with E-state index in [1.807, 2.05) is 0 Å². The first-order chi connectivity index (χ1) is 6.84. The normalized spacial score (nSPS) is 28.4. The van der Waals surface area contributed by atoms with E-state index in [1.54, 1.807) is 0 Å². The van der Waals surface area contributed by atoms with Gasteiger partial charge >= 0.3 is 112 Å². The van der Waals surface area contributed by atoms with Crippen molar-refractivity contribution in [3.05, 3.63) is 0 Å². The standard InChI is InChI=1S/C9H18I2N3/c10-13-5-1-9(2-6-13)11-14-7-3-12-4-8-14/h9,12H,1-8H2/q-1. The van der Waals surface area contributed by atoms with Gasteiger partial charge in [0.2, 0.25) is 0 Å². The van der Waals surface area contributed by atoms with Crippen LogP contribution < -0.4 is 26.8 Å². The minimum absolute atomic E-state index is 0.326. The molecule has 1 N–H and O–H groups in total. The van der Waals surface area contributed by atoms with Gasteiger partial charge in [-0.2, -0.15) is 0 Å². The van der Waals surface area contributed by atoms with Crippen molar-refractivity contribution in [2.24, 2.45) is 0 Å². The molecule has 2 heterocycles. The number of piperazine rings is 1. The molecule has 0 unspecified atom stereocenters. The Hall–Kier alpha value is 1.34. The number of halogens is 2. The van der Waals surface area contributed by atoms with Gasteiger partial charge in [-0.3, -0.25) is 0 Å². The van der Waals surface area contributed by atoms with Gasteiger partial charge < -0.3 is 0 Å².